The predicted molar refractivity (Wildman–Crippen MR) is 106 cm³/mol. The molecule has 134 valence electrons. The quantitative estimate of drug-likeness (QED) is 0.618. The minimum atomic E-state index is -1.22. The number of hydrogen-bond donors (Lipinski definition) is 1. The topological polar surface area (TPSA) is 41.6 Å². The Morgan fingerprint density at radius 2 is 2.04 bits per heavy atom. The van der Waals surface area contributed by atoms with E-state index < -0.39 is 11.0 Å². The summed E-state index contributed by atoms with van der Waals surface area (Å²) in [5, 5.41) is 3.64. The Morgan fingerprint density at radius 3 is 2.80 bits per heavy atom. The molecule has 2 aromatic rings. The van der Waals surface area contributed by atoms with Gasteiger partial charge in [0.25, 0.3) is 0 Å². The second-order valence-electron chi connectivity index (χ2n) is 5.94. The molecule has 6 heteroatoms. The molecule has 4 nitrogen and oxygen atoms in total. The highest BCUT2D eigenvalue weighted by atomic mass is 32.2. The van der Waals surface area contributed by atoms with Crippen molar-refractivity contribution in [1.82, 2.24) is 5.32 Å². The minimum Gasteiger partial charge on any atom is -0.385 e. The van der Waals surface area contributed by atoms with Gasteiger partial charge in [0.1, 0.15) is 0 Å². The van der Waals surface area contributed by atoms with Crippen LogP contribution in [0.4, 0.5) is 5.69 Å². The number of benzene rings is 2. The fraction of sp³-hybridized carbons (Fsp3) is 0.368. The lowest BCUT2D eigenvalue weighted by Gasteiger charge is -2.22. The second-order valence-corrected chi connectivity index (χ2v) is 8.31. The lowest BCUT2D eigenvalue weighted by Crippen LogP contribution is -2.25. The van der Waals surface area contributed by atoms with E-state index in [1.54, 1.807) is 18.9 Å². The van der Waals surface area contributed by atoms with Crippen molar-refractivity contribution in [3.05, 3.63) is 53.6 Å². The van der Waals surface area contributed by atoms with Gasteiger partial charge in [0.05, 0.1) is 16.6 Å². The number of anilines is 1. The maximum Gasteiger partial charge on any atom is 0.153 e. The molecule has 0 bridgehead atoms. The first-order chi connectivity index (χ1) is 12.2. The van der Waals surface area contributed by atoms with Gasteiger partial charge in [-0.15, -0.1) is 11.8 Å². The van der Waals surface area contributed by atoms with E-state index in [1.807, 2.05) is 35.8 Å². The zero-order chi connectivity index (χ0) is 17.8. The van der Waals surface area contributed by atoms with Crippen LogP contribution in [0.2, 0.25) is 0 Å². The molecule has 1 N–H and O–H groups in total. The summed E-state index contributed by atoms with van der Waals surface area (Å²) in [5.74, 6) is 0. The molecule has 2 atom stereocenters. The predicted octanol–water partition coefficient (Wildman–Crippen LogP) is 3.60. The number of hydrogen-bond acceptors (Lipinski definition) is 4. The second kappa shape index (κ2) is 8.36. The average Bonchev–Trinajstić information content (AvgIpc) is 2.74. The first-order valence-electron chi connectivity index (χ1n) is 8.32. The largest absolute Gasteiger partial charge is 0.385 e. The molecular formula is C19H24N2O2S2. The number of ether oxygens (including phenoxy) is 1. The monoisotopic (exact) mass is 376 g/mol. The molecule has 0 saturated carbocycles. The molecule has 25 heavy (non-hydrogen) atoms. The van der Waals surface area contributed by atoms with Crippen molar-refractivity contribution in [2.75, 3.05) is 37.9 Å². The maximum absolute atomic E-state index is 13.2. The van der Waals surface area contributed by atoms with Gasteiger partial charge in [-0.25, -0.2) is 4.21 Å². The number of para-hydroxylation sites is 1. The van der Waals surface area contributed by atoms with Gasteiger partial charge in [-0.2, -0.15) is 0 Å². The van der Waals surface area contributed by atoms with E-state index in [0.717, 1.165) is 46.2 Å². The highest BCUT2D eigenvalue weighted by Gasteiger charge is 2.29. The van der Waals surface area contributed by atoms with Crippen molar-refractivity contribution in [3.8, 4) is 0 Å². The molecule has 2 unspecified atom stereocenters. The summed E-state index contributed by atoms with van der Waals surface area (Å²) in [6.45, 7) is 1.57. The summed E-state index contributed by atoms with van der Waals surface area (Å²) < 4.78 is 20.2. The van der Waals surface area contributed by atoms with Crippen LogP contribution in [0, 0.1) is 0 Å². The van der Waals surface area contributed by atoms with Gasteiger partial charge >= 0.3 is 0 Å². The first-order valence-corrected chi connectivity index (χ1v) is 10.6. The molecule has 2 aromatic carbocycles. The fourth-order valence-corrected chi connectivity index (χ4v) is 4.91. The Morgan fingerprint density at radius 1 is 1.24 bits per heavy atom. The molecule has 1 aliphatic heterocycles. The smallest absolute Gasteiger partial charge is 0.153 e. The van der Waals surface area contributed by atoms with E-state index in [4.69, 9.17) is 4.74 Å². The van der Waals surface area contributed by atoms with Gasteiger partial charge in [-0.05, 0) is 48.5 Å². The number of nitrogens with one attached hydrogen (secondary N) is 1. The summed E-state index contributed by atoms with van der Waals surface area (Å²) in [6.07, 6.45) is 2.98. The van der Waals surface area contributed by atoms with Gasteiger partial charge in [-0.3, -0.25) is 4.31 Å². The normalized spacial score (nSPS) is 19.2. The summed E-state index contributed by atoms with van der Waals surface area (Å²) in [6, 6.07) is 14.5. The minimum absolute atomic E-state index is 0.0212. The summed E-state index contributed by atoms with van der Waals surface area (Å²) in [4.78, 5) is 2.01. The molecule has 0 aromatic heterocycles. The van der Waals surface area contributed by atoms with E-state index in [0.29, 0.717) is 0 Å². The molecular weight excluding hydrogens is 352 g/mol. The number of fused-ring (bicyclic) bond motifs is 2. The average molecular weight is 377 g/mol. The van der Waals surface area contributed by atoms with Crippen LogP contribution in [0.15, 0.2) is 52.3 Å². The standard InChI is InChI=1S/C19H24N2O2S2/c1-21-17-8-5-4-7-15(17)19(20-11-6-12-23-2)16-10-9-14(24-3)13-18(16)25(21)22/h4-5,7-10,13,19-20H,6,11-12H2,1-3H3. The molecule has 0 amide bonds. The summed E-state index contributed by atoms with van der Waals surface area (Å²) in [7, 11) is 2.40. The summed E-state index contributed by atoms with van der Waals surface area (Å²) >= 11 is 1.67. The fourth-order valence-electron chi connectivity index (χ4n) is 3.14. The molecule has 0 fully saturated rings. The number of thioether (sulfide) groups is 1. The Kier molecular flexibility index (Phi) is 6.17. The van der Waals surface area contributed by atoms with Crippen LogP contribution in [-0.2, 0) is 15.7 Å². The molecule has 0 aliphatic carbocycles. The van der Waals surface area contributed by atoms with Gasteiger partial charge in [0, 0.05) is 25.7 Å². The van der Waals surface area contributed by atoms with Crippen molar-refractivity contribution >= 4 is 28.4 Å². The third kappa shape index (κ3) is 3.77. The molecule has 1 aliphatic rings. The molecule has 3 rings (SSSR count). The van der Waals surface area contributed by atoms with Crippen LogP contribution >= 0.6 is 11.8 Å². The van der Waals surface area contributed by atoms with Crippen LogP contribution in [0.25, 0.3) is 0 Å². The van der Waals surface area contributed by atoms with Crippen LogP contribution < -0.4 is 9.62 Å². The van der Waals surface area contributed by atoms with Crippen molar-refractivity contribution in [2.24, 2.45) is 0 Å². The molecule has 0 spiro atoms. The van der Waals surface area contributed by atoms with Crippen molar-refractivity contribution < 1.29 is 8.95 Å². The third-order valence-electron chi connectivity index (χ3n) is 4.43. The number of nitrogens with zero attached hydrogens (tertiary/aromatic N) is 1. The van der Waals surface area contributed by atoms with E-state index in [9.17, 15) is 4.21 Å². The molecule has 1 heterocycles. The van der Waals surface area contributed by atoms with Crippen molar-refractivity contribution in [3.63, 3.8) is 0 Å². The maximum atomic E-state index is 13.2. The van der Waals surface area contributed by atoms with Crippen LogP contribution in [0.3, 0.4) is 0 Å². The van der Waals surface area contributed by atoms with E-state index >= 15 is 0 Å². The zero-order valence-electron chi connectivity index (χ0n) is 14.8. The highest BCUT2D eigenvalue weighted by molar-refractivity contribution is 7.98. The number of rotatable bonds is 6. The van der Waals surface area contributed by atoms with Crippen LogP contribution in [0.5, 0.6) is 0 Å². The van der Waals surface area contributed by atoms with Crippen molar-refractivity contribution in [2.45, 2.75) is 22.3 Å². The SMILES string of the molecule is COCCCNC1c2ccccc2N(C)S(=O)c2cc(SC)ccc21. The van der Waals surface area contributed by atoms with E-state index in [2.05, 4.69) is 29.6 Å². The van der Waals surface area contributed by atoms with Crippen LogP contribution in [-0.4, -0.2) is 37.8 Å². The number of methoxy groups -OCH3 is 1. The van der Waals surface area contributed by atoms with Crippen molar-refractivity contribution in [1.29, 1.82) is 0 Å². The first kappa shape index (κ1) is 18.5. The Hall–Kier alpha value is -1.34. The van der Waals surface area contributed by atoms with Gasteiger partial charge in [-0.1, -0.05) is 24.3 Å². The third-order valence-corrected chi connectivity index (χ3v) is 6.58. The van der Waals surface area contributed by atoms with Gasteiger partial charge < -0.3 is 10.1 Å². The Bertz CT molecular complexity index is 767. The molecule has 0 saturated heterocycles. The highest BCUT2D eigenvalue weighted by Crippen LogP contribution is 2.39. The Labute approximate surface area is 156 Å². The van der Waals surface area contributed by atoms with Crippen LogP contribution in [0.1, 0.15) is 23.6 Å². The van der Waals surface area contributed by atoms with E-state index in [-0.39, 0.29) is 6.04 Å². The van der Waals surface area contributed by atoms with E-state index in [1.165, 1.54) is 0 Å². The van der Waals surface area contributed by atoms with Gasteiger partial charge in [0.15, 0.2) is 11.0 Å². The zero-order valence-corrected chi connectivity index (χ0v) is 16.5. The van der Waals surface area contributed by atoms with Gasteiger partial charge in [0.2, 0.25) is 0 Å². The molecule has 0 radical (unpaired) electrons. The Balaban J connectivity index is 2.07. The summed E-state index contributed by atoms with van der Waals surface area (Å²) in [5.41, 5.74) is 3.25. The lowest BCUT2D eigenvalue weighted by molar-refractivity contribution is 0.193. The lowest BCUT2D eigenvalue weighted by atomic mass is 9.97.